The first-order valence-corrected chi connectivity index (χ1v) is 14.2. The second-order valence-electron chi connectivity index (χ2n) is 11.3. The molecule has 2 aromatic carbocycles. The molecule has 9 nitrogen and oxygen atoms in total. The lowest BCUT2D eigenvalue weighted by molar-refractivity contribution is 0.0670. The van der Waals surface area contributed by atoms with E-state index >= 15 is 4.39 Å². The average Bonchev–Trinajstić information content (AvgIpc) is 3.58. The molecule has 1 aliphatic carbocycles. The van der Waals surface area contributed by atoms with Crippen LogP contribution in [0.2, 0.25) is 0 Å². The van der Waals surface area contributed by atoms with E-state index in [9.17, 15) is 14.7 Å². The first-order chi connectivity index (χ1) is 19.9. The number of nitrogens with zero attached hydrogens (tertiary/aromatic N) is 5. The van der Waals surface area contributed by atoms with Crippen LogP contribution in [0.25, 0.3) is 16.9 Å². The molecule has 7 rings (SSSR count). The molecule has 2 fully saturated rings. The van der Waals surface area contributed by atoms with Crippen molar-refractivity contribution in [1.82, 2.24) is 24.4 Å². The third kappa shape index (κ3) is 4.72. The maximum atomic E-state index is 15.3. The molecular weight excluding hydrogens is 523 g/mol. The Morgan fingerprint density at radius 2 is 1.88 bits per heavy atom. The van der Waals surface area contributed by atoms with Gasteiger partial charge in [-0.1, -0.05) is 24.3 Å². The van der Waals surface area contributed by atoms with Crippen molar-refractivity contribution in [1.29, 1.82) is 0 Å². The van der Waals surface area contributed by atoms with Gasteiger partial charge in [0.15, 0.2) is 5.65 Å². The average molecular weight is 555 g/mol. The minimum Gasteiger partial charge on any atom is -0.391 e. The van der Waals surface area contributed by atoms with Crippen LogP contribution in [0.5, 0.6) is 0 Å². The van der Waals surface area contributed by atoms with Crippen molar-refractivity contribution in [3.63, 3.8) is 0 Å². The number of β-amino-alcohol motifs (C(OH)–C–C–N with tert-alkyl or cyclic N) is 1. The molecule has 10 heteroatoms. The van der Waals surface area contributed by atoms with E-state index in [0.29, 0.717) is 48.2 Å². The molecule has 0 spiro atoms. The number of aromatic nitrogens is 3. The van der Waals surface area contributed by atoms with E-state index in [1.54, 1.807) is 22.8 Å². The highest BCUT2D eigenvalue weighted by molar-refractivity contribution is 5.93. The number of amides is 3. The first kappa shape index (κ1) is 25.6. The maximum absolute atomic E-state index is 15.3. The third-order valence-electron chi connectivity index (χ3n) is 8.49. The molecule has 210 valence electrons. The van der Waals surface area contributed by atoms with Gasteiger partial charge in [-0.15, -0.1) is 0 Å². The van der Waals surface area contributed by atoms with Crippen molar-refractivity contribution in [2.45, 2.75) is 50.7 Å². The summed E-state index contributed by atoms with van der Waals surface area (Å²) in [6.45, 7) is 3.39. The van der Waals surface area contributed by atoms with Gasteiger partial charge in [0, 0.05) is 36.4 Å². The predicted octanol–water partition coefficient (Wildman–Crippen LogP) is 4.77. The Kier molecular flexibility index (Phi) is 6.23. The van der Waals surface area contributed by atoms with Crippen LogP contribution in [0.1, 0.15) is 65.3 Å². The van der Waals surface area contributed by atoms with Crippen LogP contribution in [0.15, 0.2) is 54.7 Å². The molecule has 0 bridgehead atoms. The molecule has 4 heterocycles. The second kappa shape index (κ2) is 9.95. The molecule has 3 aliphatic rings. The summed E-state index contributed by atoms with van der Waals surface area (Å²) in [5, 5.41) is 17.0. The molecule has 2 N–H and O–H groups in total. The van der Waals surface area contributed by atoms with Crippen LogP contribution in [0, 0.1) is 5.82 Å². The summed E-state index contributed by atoms with van der Waals surface area (Å²) in [5.74, 6) is -0.353. The number of halogens is 1. The van der Waals surface area contributed by atoms with Crippen LogP contribution in [-0.4, -0.2) is 67.2 Å². The zero-order valence-corrected chi connectivity index (χ0v) is 22.8. The number of urea groups is 1. The van der Waals surface area contributed by atoms with Crippen molar-refractivity contribution in [3.05, 3.63) is 82.9 Å². The number of aliphatic hydroxyl groups excluding tert-OH is 1. The smallest absolute Gasteiger partial charge is 0.321 e. The summed E-state index contributed by atoms with van der Waals surface area (Å²) >= 11 is 0. The van der Waals surface area contributed by atoms with Gasteiger partial charge in [0.25, 0.3) is 5.91 Å². The summed E-state index contributed by atoms with van der Waals surface area (Å²) in [7, 11) is 0. The predicted molar refractivity (Wildman–Crippen MR) is 151 cm³/mol. The van der Waals surface area contributed by atoms with Gasteiger partial charge in [-0.25, -0.2) is 18.7 Å². The SMILES string of the molecule is C[C@@H]1c2ccccc2CCN1C(=O)c1cc(C2CC2)c2nc(-c3ccc(NC(=O)N4CC[C@@H](O)C4)cc3F)cn2n1. The van der Waals surface area contributed by atoms with Crippen molar-refractivity contribution in [2.24, 2.45) is 0 Å². The fourth-order valence-corrected chi connectivity index (χ4v) is 6.06. The number of fused-ring (bicyclic) bond motifs is 2. The molecule has 0 unspecified atom stereocenters. The maximum Gasteiger partial charge on any atom is 0.321 e. The van der Waals surface area contributed by atoms with Gasteiger partial charge in [0.2, 0.25) is 0 Å². The minimum absolute atomic E-state index is 0.0590. The summed E-state index contributed by atoms with van der Waals surface area (Å²) in [4.78, 5) is 34.3. The van der Waals surface area contributed by atoms with E-state index in [1.807, 2.05) is 23.1 Å². The van der Waals surface area contributed by atoms with Gasteiger partial charge >= 0.3 is 6.03 Å². The number of rotatable bonds is 4. The van der Waals surface area contributed by atoms with Crippen LogP contribution in [0.4, 0.5) is 14.9 Å². The molecule has 4 aromatic rings. The third-order valence-corrected chi connectivity index (χ3v) is 8.49. The normalized spacial score (nSPS) is 20.4. The number of carbonyl (C=O) groups is 2. The zero-order chi connectivity index (χ0) is 28.2. The Morgan fingerprint density at radius 1 is 1.05 bits per heavy atom. The summed E-state index contributed by atoms with van der Waals surface area (Å²) in [6.07, 6.45) is 4.49. The number of carbonyl (C=O) groups excluding carboxylic acids is 2. The van der Waals surface area contributed by atoms with Gasteiger partial charge in [-0.3, -0.25) is 4.79 Å². The molecule has 1 saturated heterocycles. The van der Waals surface area contributed by atoms with Crippen LogP contribution >= 0.6 is 0 Å². The highest BCUT2D eigenvalue weighted by atomic mass is 19.1. The van der Waals surface area contributed by atoms with Crippen LogP contribution < -0.4 is 5.32 Å². The Morgan fingerprint density at radius 3 is 2.63 bits per heavy atom. The van der Waals surface area contributed by atoms with E-state index in [-0.39, 0.29) is 30.1 Å². The highest BCUT2D eigenvalue weighted by Crippen LogP contribution is 2.42. The molecule has 0 radical (unpaired) electrons. The number of imidazole rings is 1. The fraction of sp³-hybridized carbons (Fsp3) is 0.355. The zero-order valence-electron chi connectivity index (χ0n) is 22.8. The quantitative estimate of drug-likeness (QED) is 0.378. The Bertz CT molecular complexity index is 1680. The number of likely N-dealkylation sites (tertiary alicyclic amines) is 1. The highest BCUT2D eigenvalue weighted by Gasteiger charge is 2.33. The number of hydrogen-bond acceptors (Lipinski definition) is 5. The summed E-state index contributed by atoms with van der Waals surface area (Å²) in [5.41, 5.74) is 5.38. The van der Waals surface area contributed by atoms with Gasteiger partial charge < -0.3 is 20.2 Å². The summed E-state index contributed by atoms with van der Waals surface area (Å²) < 4.78 is 16.9. The lowest BCUT2D eigenvalue weighted by atomic mass is 9.93. The standard InChI is InChI=1S/C31H31FN6O3/c1-18-23-5-3-2-4-19(23)10-13-37(18)30(40)27-15-25(20-6-7-20)29-34-28(17-38(29)35-27)24-9-8-21(14-26(24)32)33-31(41)36-12-11-22(39)16-36/h2-5,8-9,14-15,17-18,20,22,39H,6-7,10-13,16H2,1H3,(H,33,41)/t18-,22-/m1/s1. The number of aliphatic hydroxyl groups is 1. The van der Waals surface area contributed by atoms with Gasteiger partial charge in [0.1, 0.15) is 11.5 Å². The Hall–Kier alpha value is -4.31. The number of nitrogens with one attached hydrogen (secondary N) is 1. The topological polar surface area (TPSA) is 103 Å². The molecule has 2 aromatic heterocycles. The monoisotopic (exact) mass is 554 g/mol. The second-order valence-corrected chi connectivity index (χ2v) is 11.3. The van der Waals surface area contributed by atoms with E-state index in [0.717, 1.165) is 30.4 Å². The number of hydrogen-bond donors (Lipinski definition) is 2. The first-order valence-electron chi connectivity index (χ1n) is 14.2. The minimum atomic E-state index is -0.530. The molecule has 41 heavy (non-hydrogen) atoms. The van der Waals surface area contributed by atoms with Gasteiger partial charge in [-0.05, 0) is 73.9 Å². The molecule has 2 atom stereocenters. The van der Waals surface area contributed by atoms with E-state index in [4.69, 9.17) is 4.98 Å². The lowest BCUT2D eigenvalue weighted by Crippen LogP contribution is -2.39. The van der Waals surface area contributed by atoms with Crippen molar-refractivity contribution < 1.29 is 19.1 Å². The Balaban J connectivity index is 1.17. The molecule has 1 saturated carbocycles. The number of anilines is 1. The van der Waals surface area contributed by atoms with Gasteiger partial charge in [-0.2, -0.15) is 5.10 Å². The van der Waals surface area contributed by atoms with Crippen molar-refractivity contribution >= 4 is 23.3 Å². The van der Waals surface area contributed by atoms with E-state index in [1.165, 1.54) is 16.5 Å². The Labute approximate surface area is 236 Å². The van der Waals surface area contributed by atoms with Crippen molar-refractivity contribution in [2.75, 3.05) is 25.0 Å². The molecular formula is C31H31FN6O3. The van der Waals surface area contributed by atoms with Crippen LogP contribution in [0.3, 0.4) is 0 Å². The largest absolute Gasteiger partial charge is 0.391 e. The van der Waals surface area contributed by atoms with Gasteiger partial charge in [0.05, 0.1) is 24.0 Å². The number of benzene rings is 2. The molecule has 3 amide bonds. The molecule has 2 aliphatic heterocycles. The summed E-state index contributed by atoms with van der Waals surface area (Å²) in [6, 6.07) is 14.2. The van der Waals surface area contributed by atoms with Crippen LogP contribution in [-0.2, 0) is 6.42 Å². The fourth-order valence-electron chi connectivity index (χ4n) is 6.06. The lowest BCUT2D eigenvalue weighted by Gasteiger charge is -2.35. The van der Waals surface area contributed by atoms with E-state index < -0.39 is 11.9 Å². The van der Waals surface area contributed by atoms with E-state index in [2.05, 4.69) is 29.5 Å². The van der Waals surface area contributed by atoms with Crippen molar-refractivity contribution in [3.8, 4) is 11.3 Å².